The number of hydrogen-bond acceptors (Lipinski definition) is 2. The molecule has 0 aromatic carbocycles. The highest BCUT2D eigenvalue weighted by molar-refractivity contribution is 5.35. The lowest BCUT2D eigenvalue weighted by molar-refractivity contribution is 0.561. The van der Waals surface area contributed by atoms with Crippen LogP contribution in [0.3, 0.4) is 0 Å². The Morgan fingerprint density at radius 3 is 2.00 bits per heavy atom. The molecule has 1 saturated carbocycles. The minimum Gasteiger partial charge on any atom is -0.211 e. The second-order valence-corrected chi connectivity index (χ2v) is 2.43. The van der Waals surface area contributed by atoms with E-state index in [0.717, 1.165) is 0 Å². The molecular formula is C6H9NO. The molecule has 0 spiro atoms. The Morgan fingerprint density at radius 1 is 1.38 bits per heavy atom. The maximum Gasteiger partial charge on any atom is 0.235 e. The molecule has 0 saturated heterocycles. The molecule has 44 valence electrons. The van der Waals surface area contributed by atoms with Crippen molar-refractivity contribution in [3.05, 3.63) is 0 Å². The van der Waals surface area contributed by atoms with Gasteiger partial charge in [-0.1, -0.05) is 13.8 Å². The molecule has 1 rings (SSSR count). The molecule has 2 nitrogen and oxygen atoms in total. The summed E-state index contributed by atoms with van der Waals surface area (Å²) in [5.41, 5.74) is 0. The summed E-state index contributed by atoms with van der Waals surface area (Å²) in [6.45, 7) is 4.19. The summed E-state index contributed by atoms with van der Waals surface area (Å²) in [4.78, 5) is 13.2. The zero-order valence-electron chi connectivity index (χ0n) is 5.09. The van der Waals surface area contributed by atoms with Crippen LogP contribution in [-0.2, 0) is 4.79 Å². The van der Waals surface area contributed by atoms with Crippen LogP contribution in [0.2, 0.25) is 0 Å². The normalized spacial score (nSPS) is 43.0. The predicted molar refractivity (Wildman–Crippen MR) is 30.2 cm³/mol. The molecule has 8 heavy (non-hydrogen) atoms. The minimum atomic E-state index is 0.285. The van der Waals surface area contributed by atoms with E-state index in [1.165, 1.54) is 0 Å². The molecule has 2 unspecified atom stereocenters. The van der Waals surface area contributed by atoms with E-state index in [-0.39, 0.29) is 6.04 Å². The monoisotopic (exact) mass is 111 g/mol. The van der Waals surface area contributed by atoms with Crippen molar-refractivity contribution in [1.82, 2.24) is 0 Å². The maximum absolute atomic E-state index is 9.65. The second kappa shape index (κ2) is 1.71. The summed E-state index contributed by atoms with van der Waals surface area (Å²) >= 11 is 0. The van der Waals surface area contributed by atoms with E-state index in [2.05, 4.69) is 18.8 Å². The number of rotatable bonds is 1. The number of aliphatic imine (C=N–C) groups is 1. The molecule has 0 bridgehead atoms. The van der Waals surface area contributed by atoms with Crippen LogP contribution in [-0.4, -0.2) is 12.1 Å². The van der Waals surface area contributed by atoms with Crippen molar-refractivity contribution in [3.8, 4) is 0 Å². The Kier molecular flexibility index (Phi) is 1.18. The van der Waals surface area contributed by atoms with Gasteiger partial charge in [0.05, 0.1) is 6.04 Å². The highest BCUT2D eigenvalue weighted by Crippen LogP contribution is 2.40. The van der Waals surface area contributed by atoms with Gasteiger partial charge in [-0.2, -0.15) is 0 Å². The van der Waals surface area contributed by atoms with Crippen LogP contribution in [0.1, 0.15) is 13.8 Å². The van der Waals surface area contributed by atoms with Crippen LogP contribution in [0.15, 0.2) is 4.99 Å². The van der Waals surface area contributed by atoms with Gasteiger partial charge in [-0.05, 0) is 11.8 Å². The third-order valence-corrected chi connectivity index (χ3v) is 1.97. The third kappa shape index (κ3) is 0.673. The number of nitrogens with zero attached hydrogens (tertiary/aromatic N) is 1. The van der Waals surface area contributed by atoms with Crippen molar-refractivity contribution >= 4 is 6.08 Å². The van der Waals surface area contributed by atoms with E-state index in [4.69, 9.17) is 0 Å². The van der Waals surface area contributed by atoms with Gasteiger partial charge < -0.3 is 0 Å². The van der Waals surface area contributed by atoms with Crippen LogP contribution in [0.5, 0.6) is 0 Å². The lowest BCUT2D eigenvalue weighted by atomic mass is 10.4. The highest BCUT2D eigenvalue weighted by atomic mass is 16.1. The van der Waals surface area contributed by atoms with E-state index in [0.29, 0.717) is 11.8 Å². The lowest BCUT2D eigenvalue weighted by Crippen LogP contribution is -1.76. The van der Waals surface area contributed by atoms with Crippen LogP contribution in [0.25, 0.3) is 0 Å². The summed E-state index contributed by atoms with van der Waals surface area (Å²) in [6.07, 6.45) is 1.57. The highest BCUT2D eigenvalue weighted by Gasteiger charge is 2.42. The number of isocyanates is 1. The van der Waals surface area contributed by atoms with Gasteiger partial charge in [0.25, 0.3) is 0 Å². The fraction of sp³-hybridized carbons (Fsp3) is 0.833. The Balaban J connectivity index is 2.44. The standard InChI is InChI=1S/C6H9NO/c1-4-5(2)6(4)7-3-8/h4-6H,1-2H3. The van der Waals surface area contributed by atoms with Crippen molar-refractivity contribution in [2.75, 3.05) is 0 Å². The zero-order chi connectivity index (χ0) is 6.15. The van der Waals surface area contributed by atoms with Gasteiger partial charge in [-0.25, -0.2) is 9.79 Å². The molecule has 0 aliphatic heterocycles. The van der Waals surface area contributed by atoms with Gasteiger partial charge in [-0.3, -0.25) is 0 Å². The summed E-state index contributed by atoms with van der Waals surface area (Å²) in [5.74, 6) is 1.22. The van der Waals surface area contributed by atoms with Gasteiger partial charge in [0.1, 0.15) is 0 Å². The average Bonchev–Trinajstić information content (AvgIpc) is 2.25. The number of carbonyl (C=O) groups excluding carboxylic acids is 1. The largest absolute Gasteiger partial charge is 0.235 e. The van der Waals surface area contributed by atoms with Gasteiger partial charge in [0.2, 0.25) is 6.08 Å². The first-order valence-corrected chi connectivity index (χ1v) is 2.84. The van der Waals surface area contributed by atoms with E-state index in [1.807, 2.05) is 0 Å². The van der Waals surface area contributed by atoms with Gasteiger partial charge in [0, 0.05) is 0 Å². The SMILES string of the molecule is CC1C(C)C1N=C=O. The molecule has 2 atom stereocenters. The molecule has 2 heteroatoms. The number of hydrogen-bond donors (Lipinski definition) is 0. The van der Waals surface area contributed by atoms with Crippen molar-refractivity contribution < 1.29 is 4.79 Å². The quantitative estimate of drug-likeness (QED) is 0.366. The molecule has 0 radical (unpaired) electrons. The zero-order valence-corrected chi connectivity index (χ0v) is 5.09. The van der Waals surface area contributed by atoms with Crippen molar-refractivity contribution in [2.24, 2.45) is 16.8 Å². The molecule has 0 heterocycles. The molecule has 0 aromatic heterocycles. The van der Waals surface area contributed by atoms with Crippen LogP contribution in [0, 0.1) is 11.8 Å². The summed E-state index contributed by atoms with van der Waals surface area (Å²) in [5, 5.41) is 0. The predicted octanol–water partition coefficient (Wildman–Crippen LogP) is 0.977. The average molecular weight is 111 g/mol. The van der Waals surface area contributed by atoms with E-state index < -0.39 is 0 Å². The van der Waals surface area contributed by atoms with Gasteiger partial charge >= 0.3 is 0 Å². The van der Waals surface area contributed by atoms with E-state index in [9.17, 15) is 4.79 Å². The molecule has 1 aliphatic carbocycles. The smallest absolute Gasteiger partial charge is 0.211 e. The van der Waals surface area contributed by atoms with Crippen LogP contribution in [0.4, 0.5) is 0 Å². The van der Waals surface area contributed by atoms with Crippen molar-refractivity contribution in [1.29, 1.82) is 0 Å². The molecule has 1 fully saturated rings. The Morgan fingerprint density at radius 2 is 1.88 bits per heavy atom. The molecule has 0 amide bonds. The minimum absolute atomic E-state index is 0.285. The second-order valence-electron chi connectivity index (χ2n) is 2.43. The van der Waals surface area contributed by atoms with Gasteiger partial charge in [-0.15, -0.1) is 0 Å². The molecular weight excluding hydrogens is 102 g/mol. The van der Waals surface area contributed by atoms with Crippen molar-refractivity contribution in [2.45, 2.75) is 19.9 Å². The Labute approximate surface area is 48.6 Å². The molecule has 1 aliphatic rings. The third-order valence-electron chi connectivity index (χ3n) is 1.97. The Hall–Kier alpha value is -0.620. The summed E-state index contributed by atoms with van der Waals surface area (Å²) in [7, 11) is 0. The first kappa shape index (κ1) is 5.52. The maximum atomic E-state index is 9.65. The van der Waals surface area contributed by atoms with Crippen molar-refractivity contribution in [3.63, 3.8) is 0 Å². The molecule has 0 N–H and O–H groups in total. The lowest BCUT2D eigenvalue weighted by Gasteiger charge is -1.72. The van der Waals surface area contributed by atoms with E-state index in [1.54, 1.807) is 6.08 Å². The van der Waals surface area contributed by atoms with E-state index >= 15 is 0 Å². The first-order chi connectivity index (χ1) is 3.77. The topological polar surface area (TPSA) is 29.4 Å². The summed E-state index contributed by atoms with van der Waals surface area (Å²) in [6, 6.07) is 0.285. The van der Waals surface area contributed by atoms with Crippen LogP contribution >= 0.6 is 0 Å². The summed E-state index contributed by atoms with van der Waals surface area (Å²) < 4.78 is 0. The first-order valence-electron chi connectivity index (χ1n) is 2.84. The van der Waals surface area contributed by atoms with Crippen LogP contribution < -0.4 is 0 Å². The van der Waals surface area contributed by atoms with Gasteiger partial charge in [0.15, 0.2) is 0 Å². The Bertz CT molecular complexity index is 129. The fourth-order valence-electron chi connectivity index (χ4n) is 0.932. The molecule has 0 aromatic rings. The fourth-order valence-corrected chi connectivity index (χ4v) is 0.932.